The summed E-state index contributed by atoms with van der Waals surface area (Å²) in [6, 6.07) is 4.64. The minimum Gasteiger partial charge on any atom is -0.466 e. The highest BCUT2D eigenvalue weighted by molar-refractivity contribution is 5.93. The lowest BCUT2D eigenvalue weighted by Gasteiger charge is -2.44. The molecule has 41 heavy (non-hydrogen) atoms. The summed E-state index contributed by atoms with van der Waals surface area (Å²) in [6.07, 6.45) is 0.879. The molecule has 1 aromatic carbocycles. The molecule has 4 amide bonds. The number of hydrogen-bond acceptors (Lipinski definition) is 7. The number of rotatable bonds is 15. The predicted octanol–water partition coefficient (Wildman–Crippen LogP) is 3.62. The second-order valence-electron chi connectivity index (χ2n) is 11.2. The molecule has 0 saturated carbocycles. The zero-order valence-corrected chi connectivity index (χ0v) is 25.4. The normalized spacial score (nSPS) is 12.9. The Bertz CT molecular complexity index is 1090. The topological polar surface area (TPSA) is 157 Å². The highest BCUT2D eigenvalue weighted by atomic mass is 16.6. The van der Waals surface area contributed by atoms with Crippen LogP contribution < -0.4 is 16.4 Å². The first kappa shape index (κ1) is 35.1. The summed E-state index contributed by atoms with van der Waals surface area (Å²) in [4.78, 5) is 65.8. The van der Waals surface area contributed by atoms with Crippen LogP contribution in [0.25, 0.3) is 6.08 Å². The Morgan fingerprint density at radius 2 is 1.73 bits per heavy atom. The number of carbonyl (C=O) groups excluding carboxylic acids is 5. The van der Waals surface area contributed by atoms with Gasteiger partial charge in [0.05, 0.1) is 13.0 Å². The highest BCUT2D eigenvalue weighted by Crippen LogP contribution is 2.33. The third kappa shape index (κ3) is 11.6. The van der Waals surface area contributed by atoms with Gasteiger partial charge in [-0.2, -0.15) is 0 Å². The van der Waals surface area contributed by atoms with E-state index in [9.17, 15) is 24.0 Å². The molecular weight excluding hydrogens is 528 g/mol. The van der Waals surface area contributed by atoms with E-state index in [2.05, 4.69) is 17.2 Å². The molecule has 0 radical (unpaired) electrons. The summed E-state index contributed by atoms with van der Waals surface area (Å²) >= 11 is 0. The SMILES string of the molecule is C=Cc1cccc(C(C(=O)NCCC(=O)OCC)N(C(=O)C(CCC(N)=O)NC(=O)OC(C)(C)C)C(C)(C)CC)c1. The van der Waals surface area contributed by atoms with Crippen LogP contribution in [0.15, 0.2) is 30.8 Å². The van der Waals surface area contributed by atoms with Crippen LogP contribution in [0.1, 0.15) is 91.3 Å². The molecule has 228 valence electrons. The number of carbonyl (C=O) groups is 5. The van der Waals surface area contributed by atoms with Gasteiger partial charge in [0.1, 0.15) is 17.7 Å². The first-order chi connectivity index (χ1) is 19.1. The number of amides is 4. The Morgan fingerprint density at radius 3 is 2.27 bits per heavy atom. The lowest BCUT2D eigenvalue weighted by Crippen LogP contribution is -2.59. The Hall–Kier alpha value is -3.89. The zero-order chi connectivity index (χ0) is 31.4. The standard InChI is InChI=1S/C30H46N4O7/c1-9-20-13-12-14-21(19-20)25(26(37)32-18-17-24(36)40-11-3)34(30(7,8)10-2)27(38)22(15-16-23(31)35)33-28(39)41-29(4,5)6/h9,12-14,19,22,25H,1,10-11,15-18H2,2-8H3,(H2,31,35)(H,32,37)(H,33,39). The Labute approximate surface area is 243 Å². The molecule has 1 aromatic rings. The second-order valence-corrected chi connectivity index (χ2v) is 11.2. The van der Waals surface area contributed by atoms with Gasteiger partial charge < -0.3 is 30.7 Å². The first-order valence-electron chi connectivity index (χ1n) is 13.8. The Morgan fingerprint density at radius 1 is 1.07 bits per heavy atom. The van der Waals surface area contributed by atoms with Crippen LogP contribution in [-0.2, 0) is 28.7 Å². The predicted molar refractivity (Wildman–Crippen MR) is 156 cm³/mol. The van der Waals surface area contributed by atoms with Crippen LogP contribution in [0.4, 0.5) is 4.79 Å². The molecular formula is C30H46N4O7. The quantitative estimate of drug-likeness (QED) is 0.270. The van der Waals surface area contributed by atoms with Gasteiger partial charge in [-0.3, -0.25) is 19.2 Å². The van der Waals surface area contributed by atoms with Crippen molar-refractivity contribution in [2.45, 2.75) is 97.4 Å². The lowest BCUT2D eigenvalue weighted by atomic mass is 9.91. The van der Waals surface area contributed by atoms with Crippen molar-refractivity contribution in [2.24, 2.45) is 5.73 Å². The summed E-state index contributed by atoms with van der Waals surface area (Å²) in [5.41, 5.74) is 4.86. The van der Waals surface area contributed by atoms with Gasteiger partial charge in [-0.1, -0.05) is 37.8 Å². The van der Waals surface area contributed by atoms with E-state index in [1.165, 1.54) is 4.90 Å². The van der Waals surface area contributed by atoms with E-state index >= 15 is 0 Å². The number of nitrogens with one attached hydrogen (secondary N) is 2. The smallest absolute Gasteiger partial charge is 0.408 e. The molecule has 11 heteroatoms. The van der Waals surface area contributed by atoms with Gasteiger partial charge in [0.15, 0.2) is 0 Å². The van der Waals surface area contributed by atoms with Crippen LogP contribution in [0.5, 0.6) is 0 Å². The lowest BCUT2D eigenvalue weighted by molar-refractivity contribution is -0.150. The van der Waals surface area contributed by atoms with E-state index in [0.29, 0.717) is 12.0 Å². The summed E-state index contributed by atoms with van der Waals surface area (Å²) in [6.45, 7) is 16.2. The number of nitrogens with zero attached hydrogens (tertiary/aromatic N) is 1. The van der Waals surface area contributed by atoms with Gasteiger partial charge in [0, 0.05) is 18.5 Å². The largest absolute Gasteiger partial charge is 0.466 e. The molecule has 0 fully saturated rings. The van der Waals surface area contributed by atoms with Gasteiger partial charge in [0.25, 0.3) is 0 Å². The fraction of sp³-hybridized carbons (Fsp3) is 0.567. The fourth-order valence-corrected chi connectivity index (χ4v) is 4.00. The number of hydrogen-bond donors (Lipinski definition) is 3. The Balaban J connectivity index is 3.63. The van der Waals surface area contributed by atoms with Gasteiger partial charge >= 0.3 is 12.1 Å². The van der Waals surface area contributed by atoms with Gasteiger partial charge in [0.2, 0.25) is 17.7 Å². The molecule has 0 spiro atoms. The van der Waals surface area contributed by atoms with E-state index in [-0.39, 0.29) is 32.4 Å². The highest BCUT2D eigenvalue weighted by Gasteiger charge is 2.43. The third-order valence-corrected chi connectivity index (χ3v) is 6.33. The molecule has 0 heterocycles. The maximum Gasteiger partial charge on any atom is 0.408 e. The van der Waals surface area contributed by atoms with Crippen LogP contribution in [-0.4, -0.2) is 65.0 Å². The molecule has 1 rings (SSSR count). The van der Waals surface area contributed by atoms with Crippen molar-refractivity contribution in [1.29, 1.82) is 0 Å². The second kappa shape index (κ2) is 15.8. The van der Waals surface area contributed by atoms with E-state index < -0.39 is 53.0 Å². The van der Waals surface area contributed by atoms with Crippen molar-refractivity contribution in [2.75, 3.05) is 13.2 Å². The van der Waals surface area contributed by atoms with Crippen LogP contribution in [0.2, 0.25) is 0 Å². The van der Waals surface area contributed by atoms with Crippen molar-refractivity contribution in [3.05, 3.63) is 42.0 Å². The van der Waals surface area contributed by atoms with Gasteiger partial charge in [-0.25, -0.2) is 4.79 Å². The van der Waals surface area contributed by atoms with Crippen LogP contribution in [0.3, 0.4) is 0 Å². The molecule has 0 aromatic heterocycles. The molecule has 11 nitrogen and oxygen atoms in total. The van der Waals surface area contributed by atoms with Crippen molar-refractivity contribution in [3.63, 3.8) is 0 Å². The van der Waals surface area contributed by atoms with Crippen molar-refractivity contribution >= 4 is 35.9 Å². The summed E-state index contributed by atoms with van der Waals surface area (Å²) in [5, 5.41) is 5.33. The molecule has 0 bridgehead atoms. The molecule has 2 atom stereocenters. The number of benzene rings is 1. The minimum absolute atomic E-state index is 0.00877. The number of esters is 1. The third-order valence-electron chi connectivity index (χ3n) is 6.33. The zero-order valence-electron chi connectivity index (χ0n) is 25.4. The van der Waals surface area contributed by atoms with Gasteiger partial charge in [-0.05, 0) is 71.6 Å². The van der Waals surface area contributed by atoms with Crippen LogP contribution in [0, 0.1) is 0 Å². The summed E-state index contributed by atoms with van der Waals surface area (Å²) in [5.74, 6) is -2.25. The molecule has 0 saturated heterocycles. The van der Waals surface area contributed by atoms with Crippen molar-refractivity contribution in [3.8, 4) is 0 Å². The van der Waals surface area contributed by atoms with E-state index in [0.717, 1.165) is 5.56 Å². The molecule has 0 aliphatic rings. The minimum atomic E-state index is -1.22. The average Bonchev–Trinajstić information content (AvgIpc) is 2.88. The monoisotopic (exact) mass is 574 g/mol. The van der Waals surface area contributed by atoms with E-state index in [1.807, 2.05) is 13.0 Å². The van der Waals surface area contributed by atoms with Crippen molar-refractivity contribution in [1.82, 2.24) is 15.5 Å². The summed E-state index contributed by atoms with van der Waals surface area (Å²) in [7, 11) is 0. The number of ether oxygens (including phenoxy) is 2. The molecule has 0 aliphatic carbocycles. The maximum absolute atomic E-state index is 14.3. The number of alkyl carbamates (subject to hydrolysis) is 1. The molecule has 0 aliphatic heterocycles. The molecule has 4 N–H and O–H groups in total. The first-order valence-corrected chi connectivity index (χ1v) is 13.8. The van der Waals surface area contributed by atoms with E-state index in [1.54, 1.807) is 65.8 Å². The molecule has 2 unspecified atom stereocenters. The average molecular weight is 575 g/mol. The van der Waals surface area contributed by atoms with Crippen molar-refractivity contribution < 1.29 is 33.4 Å². The Kier molecular flexibility index (Phi) is 13.5. The summed E-state index contributed by atoms with van der Waals surface area (Å²) < 4.78 is 10.3. The number of primary amides is 1. The maximum atomic E-state index is 14.3. The fourth-order valence-electron chi connectivity index (χ4n) is 4.00. The van der Waals surface area contributed by atoms with E-state index in [4.69, 9.17) is 15.2 Å². The van der Waals surface area contributed by atoms with Gasteiger partial charge in [-0.15, -0.1) is 0 Å². The van der Waals surface area contributed by atoms with Crippen LogP contribution >= 0.6 is 0 Å². The number of nitrogens with two attached hydrogens (primary N) is 1.